The average molecular weight is 272 g/mol. The SMILES string of the molecule is O=[N+]([O-])c1cnc(CO)c(C(F)(F)F)c1C(F)F. The van der Waals surface area contributed by atoms with E-state index in [0.717, 1.165) is 0 Å². The average Bonchev–Trinajstić information content (AvgIpc) is 2.25. The van der Waals surface area contributed by atoms with Crippen molar-refractivity contribution in [1.82, 2.24) is 4.98 Å². The maximum Gasteiger partial charge on any atom is 0.418 e. The predicted molar refractivity (Wildman–Crippen MR) is 46.8 cm³/mol. The van der Waals surface area contributed by atoms with Crippen molar-refractivity contribution in [3.63, 3.8) is 0 Å². The topological polar surface area (TPSA) is 76.3 Å². The summed E-state index contributed by atoms with van der Waals surface area (Å²) in [5.41, 5.74) is -6.27. The number of aromatic nitrogens is 1. The minimum absolute atomic E-state index is 0.266. The zero-order valence-corrected chi connectivity index (χ0v) is 8.41. The summed E-state index contributed by atoms with van der Waals surface area (Å²) in [6.07, 6.45) is -8.72. The number of rotatable bonds is 3. The van der Waals surface area contributed by atoms with Crippen LogP contribution in [0.1, 0.15) is 23.2 Å². The first-order valence-corrected chi connectivity index (χ1v) is 4.32. The largest absolute Gasteiger partial charge is 0.418 e. The van der Waals surface area contributed by atoms with Crippen LogP contribution in [0.5, 0.6) is 0 Å². The summed E-state index contributed by atoms with van der Waals surface area (Å²) in [6.45, 7) is -1.26. The van der Waals surface area contributed by atoms with Crippen molar-refractivity contribution in [2.24, 2.45) is 0 Å². The zero-order chi connectivity index (χ0) is 14.1. The molecule has 1 aromatic rings. The fourth-order valence-corrected chi connectivity index (χ4v) is 1.36. The number of halogens is 5. The standard InChI is InChI=1S/C8H5F5N2O3/c9-7(10)5-4(15(17)18)1-14-3(2-16)6(5)8(11,12)13/h1,7,16H,2H2. The van der Waals surface area contributed by atoms with Crippen LogP contribution in [0, 0.1) is 10.1 Å². The van der Waals surface area contributed by atoms with E-state index in [0.29, 0.717) is 0 Å². The highest BCUT2D eigenvalue weighted by atomic mass is 19.4. The van der Waals surface area contributed by atoms with Crippen LogP contribution in [0.3, 0.4) is 0 Å². The Bertz CT molecular complexity index is 475. The molecule has 0 atom stereocenters. The van der Waals surface area contributed by atoms with E-state index in [-0.39, 0.29) is 6.20 Å². The van der Waals surface area contributed by atoms with Gasteiger partial charge in [-0.1, -0.05) is 0 Å². The van der Waals surface area contributed by atoms with E-state index in [1.54, 1.807) is 0 Å². The maximum atomic E-state index is 12.6. The van der Waals surface area contributed by atoms with Gasteiger partial charge in [-0.3, -0.25) is 15.1 Å². The summed E-state index contributed by atoms with van der Waals surface area (Å²) < 4.78 is 62.9. The van der Waals surface area contributed by atoms with Crippen LogP contribution in [-0.2, 0) is 12.8 Å². The van der Waals surface area contributed by atoms with Gasteiger partial charge in [0.2, 0.25) is 0 Å². The molecule has 0 spiro atoms. The third-order valence-electron chi connectivity index (χ3n) is 2.02. The molecule has 0 aliphatic carbocycles. The molecule has 0 aliphatic rings. The lowest BCUT2D eigenvalue weighted by molar-refractivity contribution is -0.386. The Morgan fingerprint density at radius 2 is 2.00 bits per heavy atom. The molecule has 10 heteroatoms. The van der Waals surface area contributed by atoms with Crippen LogP contribution in [0.4, 0.5) is 27.6 Å². The number of nitrogens with zero attached hydrogens (tertiary/aromatic N) is 2. The number of hydrogen-bond acceptors (Lipinski definition) is 4. The van der Waals surface area contributed by atoms with E-state index in [4.69, 9.17) is 5.11 Å². The summed E-state index contributed by atoms with van der Waals surface area (Å²) >= 11 is 0. The molecule has 18 heavy (non-hydrogen) atoms. The molecule has 0 unspecified atom stereocenters. The molecule has 0 aliphatic heterocycles. The molecule has 1 N–H and O–H groups in total. The normalized spacial score (nSPS) is 11.9. The first kappa shape index (κ1) is 14.2. The molecule has 0 bridgehead atoms. The van der Waals surface area contributed by atoms with Gasteiger partial charge in [-0.05, 0) is 0 Å². The van der Waals surface area contributed by atoms with Crippen molar-refractivity contribution in [2.75, 3.05) is 0 Å². The fraction of sp³-hybridized carbons (Fsp3) is 0.375. The van der Waals surface area contributed by atoms with Crippen molar-refractivity contribution in [1.29, 1.82) is 0 Å². The number of aliphatic hydroxyl groups excluding tert-OH is 1. The van der Waals surface area contributed by atoms with E-state index >= 15 is 0 Å². The third-order valence-corrected chi connectivity index (χ3v) is 2.02. The molecule has 0 aromatic carbocycles. The van der Waals surface area contributed by atoms with Crippen molar-refractivity contribution in [2.45, 2.75) is 19.2 Å². The van der Waals surface area contributed by atoms with Gasteiger partial charge in [-0.15, -0.1) is 0 Å². The molecule has 0 radical (unpaired) electrons. The molecule has 1 rings (SSSR count). The number of pyridine rings is 1. The zero-order valence-electron chi connectivity index (χ0n) is 8.41. The van der Waals surface area contributed by atoms with Gasteiger partial charge in [0.15, 0.2) is 0 Å². The van der Waals surface area contributed by atoms with Crippen LogP contribution in [0.2, 0.25) is 0 Å². The smallest absolute Gasteiger partial charge is 0.390 e. The van der Waals surface area contributed by atoms with Crippen LogP contribution in [-0.4, -0.2) is 15.0 Å². The molecule has 1 aromatic heterocycles. The van der Waals surface area contributed by atoms with E-state index in [2.05, 4.69) is 4.98 Å². The highest BCUT2D eigenvalue weighted by molar-refractivity contribution is 5.48. The second kappa shape index (κ2) is 4.80. The number of hydrogen-bond donors (Lipinski definition) is 1. The van der Waals surface area contributed by atoms with Gasteiger partial charge < -0.3 is 5.11 Å². The quantitative estimate of drug-likeness (QED) is 0.521. The van der Waals surface area contributed by atoms with E-state index in [9.17, 15) is 32.1 Å². The molecule has 0 saturated heterocycles. The Morgan fingerprint density at radius 3 is 2.33 bits per heavy atom. The molecular weight excluding hydrogens is 267 g/mol. The Hall–Kier alpha value is -1.84. The summed E-state index contributed by atoms with van der Waals surface area (Å²) in [4.78, 5) is 12.0. The van der Waals surface area contributed by atoms with Crippen molar-refractivity contribution >= 4 is 5.69 Å². The molecular formula is C8H5F5N2O3. The minimum Gasteiger partial charge on any atom is -0.390 e. The lowest BCUT2D eigenvalue weighted by Crippen LogP contribution is -2.16. The van der Waals surface area contributed by atoms with Gasteiger partial charge in [-0.25, -0.2) is 8.78 Å². The Labute approximate surface area is 96.0 Å². The highest BCUT2D eigenvalue weighted by Gasteiger charge is 2.43. The summed E-state index contributed by atoms with van der Waals surface area (Å²) in [7, 11) is 0. The summed E-state index contributed by atoms with van der Waals surface area (Å²) in [5, 5.41) is 19.0. The van der Waals surface area contributed by atoms with Crippen molar-refractivity contribution in [3.8, 4) is 0 Å². The van der Waals surface area contributed by atoms with E-state index < -0.39 is 46.6 Å². The van der Waals surface area contributed by atoms with Gasteiger partial charge in [-0.2, -0.15) is 13.2 Å². The van der Waals surface area contributed by atoms with Crippen LogP contribution < -0.4 is 0 Å². The highest BCUT2D eigenvalue weighted by Crippen LogP contribution is 2.42. The second-order valence-corrected chi connectivity index (χ2v) is 3.09. The molecule has 0 fully saturated rings. The number of alkyl halides is 5. The van der Waals surface area contributed by atoms with Gasteiger partial charge in [0.25, 0.3) is 12.1 Å². The molecule has 0 saturated carbocycles. The Balaban J connectivity index is 3.71. The lowest BCUT2D eigenvalue weighted by Gasteiger charge is -2.15. The Kier molecular flexibility index (Phi) is 3.79. The van der Waals surface area contributed by atoms with E-state index in [1.807, 2.05) is 0 Å². The minimum atomic E-state index is -5.27. The molecule has 1 heterocycles. The molecule has 100 valence electrons. The summed E-state index contributed by atoms with van der Waals surface area (Å²) in [5.74, 6) is 0. The number of aliphatic hydroxyl groups is 1. The van der Waals surface area contributed by atoms with E-state index in [1.165, 1.54) is 0 Å². The summed E-state index contributed by atoms with van der Waals surface area (Å²) in [6, 6.07) is 0. The first-order valence-electron chi connectivity index (χ1n) is 4.32. The maximum absolute atomic E-state index is 12.6. The van der Waals surface area contributed by atoms with Crippen LogP contribution in [0.25, 0.3) is 0 Å². The van der Waals surface area contributed by atoms with Crippen molar-refractivity contribution < 1.29 is 32.0 Å². The van der Waals surface area contributed by atoms with Gasteiger partial charge >= 0.3 is 6.18 Å². The first-order chi connectivity index (χ1) is 8.20. The van der Waals surface area contributed by atoms with Gasteiger partial charge in [0, 0.05) is 0 Å². The number of nitro groups is 1. The predicted octanol–water partition coefficient (Wildman–Crippen LogP) is 2.44. The molecule has 0 amide bonds. The van der Waals surface area contributed by atoms with Gasteiger partial charge in [0.05, 0.1) is 22.8 Å². The lowest BCUT2D eigenvalue weighted by atomic mass is 10.0. The molecule has 5 nitrogen and oxygen atoms in total. The second-order valence-electron chi connectivity index (χ2n) is 3.09. The fourth-order valence-electron chi connectivity index (χ4n) is 1.36. The van der Waals surface area contributed by atoms with Gasteiger partial charge in [0.1, 0.15) is 11.8 Å². The Morgan fingerprint density at radius 1 is 1.44 bits per heavy atom. The third kappa shape index (κ3) is 2.53. The monoisotopic (exact) mass is 272 g/mol. The van der Waals surface area contributed by atoms with Crippen LogP contribution >= 0.6 is 0 Å². The van der Waals surface area contributed by atoms with Crippen LogP contribution in [0.15, 0.2) is 6.20 Å². The van der Waals surface area contributed by atoms with Crippen molar-refractivity contribution in [3.05, 3.63) is 33.1 Å².